The second-order valence-corrected chi connectivity index (χ2v) is 6.86. The van der Waals surface area contributed by atoms with Gasteiger partial charge in [0.2, 0.25) is 17.7 Å². The third kappa shape index (κ3) is 7.14. The number of hydrogen-bond donors (Lipinski definition) is 6. The van der Waals surface area contributed by atoms with Crippen LogP contribution in [0.3, 0.4) is 0 Å². The zero-order chi connectivity index (χ0) is 20.6. The largest absolute Gasteiger partial charge is 0.480 e. The summed E-state index contributed by atoms with van der Waals surface area (Å²) in [6.07, 6.45) is 0.884. The number of amides is 3. The van der Waals surface area contributed by atoms with Crippen LogP contribution in [0.4, 0.5) is 0 Å². The van der Waals surface area contributed by atoms with Crippen LogP contribution in [-0.4, -0.2) is 71.2 Å². The summed E-state index contributed by atoms with van der Waals surface area (Å²) in [5.41, 5.74) is 0. The molecule has 1 aliphatic rings. The Hall–Kier alpha value is -2.20. The standard InChI is InChI=1S/C17H30N4O6/c1-4-9(2)13(16(26)19-8-12(23)24)20-17(27)14(10(3)22)21-15(25)11-6-5-7-18-11/h9-11,13-14,18,22H,4-8H2,1-3H3,(H,19,26)(H,20,27)(H,21,25)(H,23,24). The van der Waals surface area contributed by atoms with Crippen molar-refractivity contribution in [1.29, 1.82) is 0 Å². The molecule has 0 aliphatic carbocycles. The lowest BCUT2D eigenvalue weighted by Gasteiger charge is -2.28. The smallest absolute Gasteiger partial charge is 0.322 e. The third-order valence-electron chi connectivity index (χ3n) is 4.65. The van der Waals surface area contributed by atoms with Crippen molar-refractivity contribution in [3.05, 3.63) is 0 Å². The van der Waals surface area contributed by atoms with E-state index in [4.69, 9.17) is 5.11 Å². The summed E-state index contributed by atoms with van der Waals surface area (Å²) >= 11 is 0. The molecule has 1 heterocycles. The lowest BCUT2D eigenvalue weighted by atomic mass is 9.97. The highest BCUT2D eigenvalue weighted by atomic mass is 16.4. The summed E-state index contributed by atoms with van der Waals surface area (Å²) in [4.78, 5) is 47.8. The topological polar surface area (TPSA) is 157 Å². The van der Waals surface area contributed by atoms with Crippen molar-refractivity contribution in [3.63, 3.8) is 0 Å². The molecule has 154 valence electrons. The van der Waals surface area contributed by atoms with Gasteiger partial charge in [-0.3, -0.25) is 19.2 Å². The molecule has 10 heteroatoms. The predicted octanol–water partition coefficient (Wildman–Crippen LogP) is -1.66. The summed E-state index contributed by atoms with van der Waals surface area (Å²) in [5.74, 6) is -3.19. The van der Waals surface area contributed by atoms with E-state index < -0.39 is 48.6 Å². The van der Waals surface area contributed by atoms with Crippen LogP contribution in [0.5, 0.6) is 0 Å². The molecule has 0 spiro atoms. The first-order chi connectivity index (χ1) is 12.7. The van der Waals surface area contributed by atoms with Gasteiger partial charge in [-0.05, 0) is 32.2 Å². The molecule has 10 nitrogen and oxygen atoms in total. The normalized spacial score (nSPS) is 20.8. The van der Waals surface area contributed by atoms with E-state index >= 15 is 0 Å². The number of carboxylic acids is 1. The Morgan fingerprint density at radius 3 is 2.26 bits per heavy atom. The Kier molecular flexibility index (Phi) is 9.16. The number of aliphatic carboxylic acids is 1. The summed E-state index contributed by atoms with van der Waals surface area (Å²) in [6, 6.07) is -2.62. The number of aliphatic hydroxyl groups excluding tert-OH is 1. The molecule has 0 bridgehead atoms. The zero-order valence-corrected chi connectivity index (χ0v) is 15.9. The van der Waals surface area contributed by atoms with E-state index in [0.717, 1.165) is 6.42 Å². The number of carboxylic acid groups (broad SMARTS) is 1. The van der Waals surface area contributed by atoms with Crippen LogP contribution in [0.1, 0.15) is 40.0 Å². The van der Waals surface area contributed by atoms with Crippen molar-refractivity contribution in [2.75, 3.05) is 13.1 Å². The van der Waals surface area contributed by atoms with Gasteiger partial charge in [0.25, 0.3) is 0 Å². The molecule has 1 rings (SSSR count). The first kappa shape index (κ1) is 22.8. The van der Waals surface area contributed by atoms with Crippen molar-refractivity contribution < 1.29 is 29.4 Å². The van der Waals surface area contributed by atoms with E-state index in [-0.39, 0.29) is 11.8 Å². The fraction of sp³-hybridized carbons (Fsp3) is 0.765. The Bertz CT molecular complexity index is 548. The molecular formula is C17H30N4O6. The van der Waals surface area contributed by atoms with Crippen molar-refractivity contribution in [2.24, 2.45) is 5.92 Å². The molecule has 0 aromatic heterocycles. The van der Waals surface area contributed by atoms with Gasteiger partial charge >= 0.3 is 5.97 Å². The summed E-state index contributed by atoms with van der Waals surface area (Å²) in [6.45, 7) is 5.09. The Morgan fingerprint density at radius 2 is 1.78 bits per heavy atom. The van der Waals surface area contributed by atoms with E-state index in [1.54, 1.807) is 6.92 Å². The number of hydrogen-bond acceptors (Lipinski definition) is 6. The molecule has 1 aliphatic heterocycles. The number of rotatable bonds is 10. The highest BCUT2D eigenvalue weighted by Gasteiger charge is 2.33. The van der Waals surface area contributed by atoms with Crippen LogP contribution in [0.2, 0.25) is 0 Å². The lowest BCUT2D eigenvalue weighted by molar-refractivity contribution is -0.139. The van der Waals surface area contributed by atoms with E-state index in [1.165, 1.54) is 6.92 Å². The Labute approximate surface area is 158 Å². The van der Waals surface area contributed by atoms with Crippen molar-refractivity contribution in [1.82, 2.24) is 21.3 Å². The fourth-order valence-corrected chi connectivity index (χ4v) is 2.79. The third-order valence-corrected chi connectivity index (χ3v) is 4.65. The maximum Gasteiger partial charge on any atom is 0.322 e. The molecule has 0 saturated carbocycles. The minimum Gasteiger partial charge on any atom is -0.480 e. The molecule has 0 aromatic carbocycles. The first-order valence-corrected chi connectivity index (χ1v) is 9.19. The molecule has 3 amide bonds. The molecule has 1 saturated heterocycles. The number of nitrogens with one attached hydrogen (secondary N) is 4. The Balaban J connectivity index is 2.80. The van der Waals surface area contributed by atoms with E-state index in [0.29, 0.717) is 19.4 Å². The quantitative estimate of drug-likeness (QED) is 0.262. The maximum absolute atomic E-state index is 12.6. The van der Waals surface area contributed by atoms with Gasteiger partial charge in [-0.1, -0.05) is 20.3 Å². The highest BCUT2D eigenvalue weighted by Crippen LogP contribution is 2.10. The highest BCUT2D eigenvalue weighted by molar-refractivity contribution is 5.94. The first-order valence-electron chi connectivity index (χ1n) is 9.19. The second kappa shape index (κ2) is 10.8. The molecule has 27 heavy (non-hydrogen) atoms. The van der Waals surface area contributed by atoms with E-state index in [1.807, 2.05) is 6.92 Å². The van der Waals surface area contributed by atoms with Crippen molar-refractivity contribution in [2.45, 2.75) is 64.3 Å². The summed E-state index contributed by atoms with van der Waals surface area (Å²) in [7, 11) is 0. The predicted molar refractivity (Wildman–Crippen MR) is 96.7 cm³/mol. The molecule has 5 unspecified atom stereocenters. The average Bonchev–Trinajstić information content (AvgIpc) is 3.15. The van der Waals surface area contributed by atoms with Gasteiger partial charge < -0.3 is 31.5 Å². The molecular weight excluding hydrogens is 356 g/mol. The zero-order valence-electron chi connectivity index (χ0n) is 15.9. The minimum atomic E-state index is -1.22. The summed E-state index contributed by atoms with van der Waals surface area (Å²) in [5, 5.41) is 28.9. The van der Waals surface area contributed by atoms with Crippen molar-refractivity contribution >= 4 is 23.7 Å². The van der Waals surface area contributed by atoms with Gasteiger partial charge in [-0.25, -0.2) is 0 Å². The lowest BCUT2D eigenvalue weighted by Crippen LogP contribution is -2.60. The van der Waals surface area contributed by atoms with Crippen LogP contribution in [0.15, 0.2) is 0 Å². The maximum atomic E-state index is 12.6. The van der Waals surface area contributed by atoms with E-state index in [2.05, 4.69) is 21.3 Å². The molecule has 1 fully saturated rings. The number of carbonyl (C=O) groups is 4. The van der Waals surface area contributed by atoms with Gasteiger partial charge in [0.1, 0.15) is 18.6 Å². The molecule has 0 radical (unpaired) electrons. The van der Waals surface area contributed by atoms with Crippen LogP contribution in [-0.2, 0) is 19.2 Å². The monoisotopic (exact) mass is 386 g/mol. The van der Waals surface area contributed by atoms with Gasteiger partial charge in [-0.2, -0.15) is 0 Å². The molecule has 6 N–H and O–H groups in total. The van der Waals surface area contributed by atoms with Crippen LogP contribution < -0.4 is 21.3 Å². The number of carbonyl (C=O) groups excluding carboxylic acids is 3. The Morgan fingerprint density at radius 1 is 1.11 bits per heavy atom. The van der Waals surface area contributed by atoms with Gasteiger partial charge in [-0.15, -0.1) is 0 Å². The second-order valence-electron chi connectivity index (χ2n) is 6.86. The van der Waals surface area contributed by atoms with Gasteiger partial charge in [0.15, 0.2) is 0 Å². The number of aliphatic hydroxyl groups is 1. The minimum absolute atomic E-state index is 0.274. The van der Waals surface area contributed by atoms with Crippen LogP contribution in [0.25, 0.3) is 0 Å². The molecule has 0 aromatic rings. The van der Waals surface area contributed by atoms with Crippen LogP contribution in [0, 0.1) is 5.92 Å². The average molecular weight is 386 g/mol. The van der Waals surface area contributed by atoms with Gasteiger partial charge in [0.05, 0.1) is 12.1 Å². The van der Waals surface area contributed by atoms with Gasteiger partial charge in [0, 0.05) is 0 Å². The fourth-order valence-electron chi connectivity index (χ4n) is 2.79. The van der Waals surface area contributed by atoms with Crippen molar-refractivity contribution in [3.8, 4) is 0 Å². The molecule has 5 atom stereocenters. The summed E-state index contributed by atoms with van der Waals surface area (Å²) < 4.78 is 0. The SMILES string of the molecule is CCC(C)C(NC(=O)C(NC(=O)C1CCCN1)C(C)O)C(=O)NCC(=O)O. The van der Waals surface area contributed by atoms with E-state index in [9.17, 15) is 24.3 Å². The van der Waals surface area contributed by atoms with Crippen LogP contribution >= 0.6 is 0 Å².